The normalized spacial score (nSPS) is 11.0. The lowest BCUT2D eigenvalue weighted by atomic mass is 10.1. The molecule has 1 heterocycles. The van der Waals surface area contributed by atoms with E-state index in [0.29, 0.717) is 5.92 Å². The Kier molecular flexibility index (Phi) is 5.26. The average molecular weight is 222 g/mol. The highest BCUT2D eigenvalue weighted by molar-refractivity contribution is 5.14. The predicted octanol–water partition coefficient (Wildman–Crippen LogP) is 1.97. The summed E-state index contributed by atoms with van der Waals surface area (Å²) in [4.78, 5) is 12.0. The Labute approximate surface area is 97.5 Å². The lowest BCUT2D eigenvalue weighted by Gasteiger charge is -2.10. The van der Waals surface area contributed by atoms with E-state index >= 15 is 0 Å². The van der Waals surface area contributed by atoms with Gasteiger partial charge in [0.1, 0.15) is 0 Å². The molecule has 0 spiro atoms. The van der Waals surface area contributed by atoms with Gasteiger partial charge >= 0.3 is 0 Å². The monoisotopic (exact) mass is 222 g/mol. The highest BCUT2D eigenvalue weighted by Gasteiger charge is 2.05. The second kappa shape index (κ2) is 6.48. The summed E-state index contributed by atoms with van der Waals surface area (Å²) < 4.78 is 1.79. The summed E-state index contributed by atoms with van der Waals surface area (Å²) in [7, 11) is 0. The molecular weight excluding hydrogens is 200 g/mol. The molecule has 1 rings (SSSR count). The summed E-state index contributed by atoms with van der Waals surface area (Å²) in [6.07, 6.45) is 2.99. The van der Waals surface area contributed by atoms with Gasteiger partial charge in [-0.1, -0.05) is 26.8 Å². The van der Waals surface area contributed by atoms with E-state index < -0.39 is 0 Å². The van der Waals surface area contributed by atoms with Crippen molar-refractivity contribution in [3.63, 3.8) is 0 Å². The van der Waals surface area contributed by atoms with Crippen LogP contribution in [0.1, 0.15) is 38.7 Å². The minimum atomic E-state index is 0.149. The molecule has 1 aromatic heterocycles. The fourth-order valence-corrected chi connectivity index (χ4v) is 1.67. The summed E-state index contributed by atoms with van der Waals surface area (Å²) in [5, 5.41) is 3.30. The second-order valence-electron chi connectivity index (χ2n) is 4.37. The van der Waals surface area contributed by atoms with Gasteiger partial charge in [-0.15, -0.1) is 0 Å². The van der Waals surface area contributed by atoms with Crippen LogP contribution in [0.25, 0.3) is 0 Å². The van der Waals surface area contributed by atoms with Crippen molar-refractivity contribution < 1.29 is 0 Å². The predicted molar refractivity (Wildman–Crippen MR) is 68.0 cm³/mol. The van der Waals surface area contributed by atoms with Crippen LogP contribution in [0.2, 0.25) is 0 Å². The minimum Gasteiger partial charge on any atom is -0.315 e. The molecule has 0 amide bonds. The Balaban J connectivity index is 2.66. The van der Waals surface area contributed by atoms with Gasteiger partial charge in [0.2, 0.25) is 0 Å². The maximum absolute atomic E-state index is 12.0. The topological polar surface area (TPSA) is 34.0 Å². The van der Waals surface area contributed by atoms with E-state index in [-0.39, 0.29) is 5.56 Å². The van der Waals surface area contributed by atoms with Crippen molar-refractivity contribution in [1.82, 2.24) is 9.88 Å². The number of hydrogen-bond acceptors (Lipinski definition) is 2. The van der Waals surface area contributed by atoms with E-state index in [4.69, 9.17) is 0 Å². The fraction of sp³-hybridized carbons (Fsp3) is 0.615. The van der Waals surface area contributed by atoms with Crippen LogP contribution in [0.3, 0.4) is 0 Å². The van der Waals surface area contributed by atoms with Gasteiger partial charge in [0.05, 0.1) is 0 Å². The first kappa shape index (κ1) is 13.0. The van der Waals surface area contributed by atoms with Gasteiger partial charge in [-0.05, 0) is 24.9 Å². The number of pyridine rings is 1. The first-order valence-corrected chi connectivity index (χ1v) is 6.07. The molecule has 0 aromatic carbocycles. The average Bonchev–Trinajstić information content (AvgIpc) is 2.26. The Morgan fingerprint density at radius 2 is 2.12 bits per heavy atom. The van der Waals surface area contributed by atoms with Crippen molar-refractivity contribution in [3.8, 4) is 0 Å². The van der Waals surface area contributed by atoms with Crippen LogP contribution in [0.4, 0.5) is 0 Å². The van der Waals surface area contributed by atoms with Gasteiger partial charge in [-0.2, -0.15) is 0 Å². The molecule has 0 radical (unpaired) electrons. The number of hydrogen-bond donors (Lipinski definition) is 1. The smallest absolute Gasteiger partial charge is 0.254 e. The van der Waals surface area contributed by atoms with Crippen LogP contribution in [0, 0.1) is 0 Å². The van der Waals surface area contributed by atoms with Crippen LogP contribution in [-0.4, -0.2) is 17.7 Å². The molecule has 1 aromatic rings. The Morgan fingerprint density at radius 3 is 2.75 bits per heavy atom. The van der Waals surface area contributed by atoms with Crippen molar-refractivity contribution in [3.05, 3.63) is 34.2 Å². The van der Waals surface area contributed by atoms with Gasteiger partial charge < -0.3 is 9.88 Å². The SMILES string of the molecule is CCCNCCn1cccc(C(C)C)c1=O. The number of nitrogens with zero attached hydrogens (tertiary/aromatic N) is 1. The number of aromatic nitrogens is 1. The largest absolute Gasteiger partial charge is 0.315 e. The molecule has 0 bridgehead atoms. The van der Waals surface area contributed by atoms with Crippen LogP contribution in [-0.2, 0) is 6.54 Å². The third-order valence-electron chi connectivity index (χ3n) is 2.63. The van der Waals surface area contributed by atoms with E-state index in [0.717, 1.165) is 31.6 Å². The summed E-state index contributed by atoms with van der Waals surface area (Å²) in [5.74, 6) is 0.295. The molecule has 0 aliphatic carbocycles. The van der Waals surface area contributed by atoms with Crippen LogP contribution in [0.15, 0.2) is 23.1 Å². The summed E-state index contributed by atoms with van der Waals surface area (Å²) in [6, 6.07) is 3.87. The maximum atomic E-state index is 12.0. The number of nitrogens with one attached hydrogen (secondary N) is 1. The van der Waals surface area contributed by atoms with E-state index in [2.05, 4.69) is 26.1 Å². The maximum Gasteiger partial charge on any atom is 0.254 e. The van der Waals surface area contributed by atoms with Crippen molar-refractivity contribution >= 4 is 0 Å². The molecule has 16 heavy (non-hydrogen) atoms. The molecule has 0 aliphatic heterocycles. The molecule has 0 atom stereocenters. The summed E-state index contributed by atoms with van der Waals surface area (Å²) in [6.45, 7) is 8.86. The lowest BCUT2D eigenvalue weighted by molar-refractivity contribution is 0.577. The zero-order valence-electron chi connectivity index (χ0n) is 10.5. The van der Waals surface area contributed by atoms with Gasteiger partial charge in [-0.25, -0.2) is 0 Å². The molecule has 0 aliphatic rings. The zero-order chi connectivity index (χ0) is 12.0. The van der Waals surface area contributed by atoms with Crippen molar-refractivity contribution in [2.24, 2.45) is 0 Å². The Morgan fingerprint density at radius 1 is 1.38 bits per heavy atom. The molecule has 1 N–H and O–H groups in total. The molecule has 0 unspecified atom stereocenters. The highest BCUT2D eigenvalue weighted by Crippen LogP contribution is 2.07. The van der Waals surface area contributed by atoms with E-state index in [1.54, 1.807) is 4.57 Å². The van der Waals surface area contributed by atoms with Crippen molar-refractivity contribution in [2.75, 3.05) is 13.1 Å². The molecule has 3 heteroatoms. The first-order valence-electron chi connectivity index (χ1n) is 6.07. The third-order valence-corrected chi connectivity index (χ3v) is 2.63. The first-order chi connectivity index (χ1) is 7.66. The van der Waals surface area contributed by atoms with E-state index in [1.807, 2.05) is 18.3 Å². The van der Waals surface area contributed by atoms with E-state index in [9.17, 15) is 4.79 Å². The Bertz CT molecular complexity index is 368. The van der Waals surface area contributed by atoms with Gasteiger partial charge in [0, 0.05) is 24.8 Å². The van der Waals surface area contributed by atoms with Crippen molar-refractivity contribution in [1.29, 1.82) is 0 Å². The molecular formula is C13H22N2O. The highest BCUT2D eigenvalue weighted by atomic mass is 16.1. The molecule has 0 saturated carbocycles. The zero-order valence-corrected chi connectivity index (χ0v) is 10.5. The lowest BCUT2D eigenvalue weighted by Crippen LogP contribution is -2.29. The quantitative estimate of drug-likeness (QED) is 0.747. The minimum absolute atomic E-state index is 0.149. The third kappa shape index (κ3) is 3.49. The summed E-state index contributed by atoms with van der Waals surface area (Å²) >= 11 is 0. The summed E-state index contributed by atoms with van der Waals surface area (Å²) in [5.41, 5.74) is 1.05. The standard InChI is InChI=1S/C13H22N2O/c1-4-7-14-8-10-15-9-5-6-12(11(2)3)13(15)16/h5-6,9,11,14H,4,7-8,10H2,1-3H3. The molecule has 0 saturated heterocycles. The fourth-order valence-electron chi connectivity index (χ4n) is 1.67. The van der Waals surface area contributed by atoms with Gasteiger partial charge in [-0.3, -0.25) is 4.79 Å². The van der Waals surface area contributed by atoms with Crippen LogP contribution < -0.4 is 10.9 Å². The van der Waals surface area contributed by atoms with Crippen molar-refractivity contribution in [2.45, 2.75) is 39.7 Å². The van der Waals surface area contributed by atoms with Crippen LogP contribution in [0.5, 0.6) is 0 Å². The molecule has 90 valence electrons. The van der Waals surface area contributed by atoms with Gasteiger partial charge in [0.15, 0.2) is 0 Å². The van der Waals surface area contributed by atoms with Gasteiger partial charge in [0.25, 0.3) is 5.56 Å². The second-order valence-corrected chi connectivity index (χ2v) is 4.37. The Hall–Kier alpha value is -1.09. The van der Waals surface area contributed by atoms with E-state index in [1.165, 1.54) is 0 Å². The van der Waals surface area contributed by atoms with Crippen LogP contribution >= 0.6 is 0 Å². The molecule has 3 nitrogen and oxygen atoms in total. The molecule has 0 fully saturated rings. The number of rotatable bonds is 6.